The Hall–Kier alpha value is -1.22. The van der Waals surface area contributed by atoms with Crippen LogP contribution in [0.25, 0.3) is 0 Å². The fraction of sp³-hybridized carbons (Fsp3) is 0.538. The molecule has 0 saturated heterocycles. The Morgan fingerprint density at radius 3 is 3.12 bits per heavy atom. The van der Waals surface area contributed by atoms with Crippen LogP contribution in [0.5, 0.6) is 11.5 Å². The molecular weight excluding hydrogens is 202 g/mol. The summed E-state index contributed by atoms with van der Waals surface area (Å²) in [6.07, 6.45) is 1.13. The molecule has 2 N–H and O–H groups in total. The van der Waals surface area contributed by atoms with Crippen LogP contribution >= 0.6 is 0 Å². The van der Waals surface area contributed by atoms with Gasteiger partial charge in [0.05, 0.1) is 6.61 Å². The molecule has 1 aliphatic rings. The van der Waals surface area contributed by atoms with Crippen molar-refractivity contribution in [3.8, 4) is 11.5 Å². The second-order valence-electron chi connectivity index (χ2n) is 4.38. The van der Waals surface area contributed by atoms with E-state index >= 15 is 0 Å². The van der Waals surface area contributed by atoms with E-state index in [4.69, 9.17) is 4.74 Å². The predicted octanol–water partition coefficient (Wildman–Crippen LogP) is 2.26. The van der Waals surface area contributed by atoms with Crippen molar-refractivity contribution in [2.75, 3.05) is 13.2 Å². The first-order chi connectivity index (χ1) is 7.72. The molecular formula is C13H19NO2. The zero-order valence-corrected chi connectivity index (χ0v) is 9.86. The molecule has 16 heavy (non-hydrogen) atoms. The van der Waals surface area contributed by atoms with Crippen LogP contribution in [0.1, 0.15) is 31.7 Å². The number of hydrogen-bond donors (Lipinski definition) is 2. The average Bonchev–Trinajstić information content (AvgIpc) is 2.68. The number of phenolic OH excluding ortho intramolecular Hbond substituents is 1. The molecule has 88 valence electrons. The molecule has 0 fully saturated rings. The summed E-state index contributed by atoms with van der Waals surface area (Å²) in [4.78, 5) is 0. The summed E-state index contributed by atoms with van der Waals surface area (Å²) in [7, 11) is 0. The molecule has 2 unspecified atom stereocenters. The molecule has 0 spiro atoms. The Balaban J connectivity index is 2.12. The standard InChI is InChI=1S/C13H19NO2/c1-3-6-14-9(2)12-8-16-13-5-4-10(15)7-11(12)13/h4-5,7,9,12,14-15H,3,6,8H2,1-2H3. The molecule has 0 amide bonds. The SMILES string of the molecule is CCCNC(C)C1COc2ccc(O)cc21. The lowest BCUT2D eigenvalue weighted by Gasteiger charge is -2.19. The molecule has 1 aromatic rings. The highest BCUT2D eigenvalue weighted by Gasteiger charge is 2.28. The van der Waals surface area contributed by atoms with Gasteiger partial charge in [0.15, 0.2) is 0 Å². The van der Waals surface area contributed by atoms with Crippen molar-refractivity contribution in [2.24, 2.45) is 0 Å². The Morgan fingerprint density at radius 2 is 2.38 bits per heavy atom. The second kappa shape index (κ2) is 4.74. The van der Waals surface area contributed by atoms with E-state index in [9.17, 15) is 5.11 Å². The largest absolute Gasteiger partial charge is 0.508 e. The molecule has 0 aliphatic carbocycles. The third kappa shape index (κ3) is 2.14. The molecule has 1 aromatic carbocycles. The van der Waals surface area contributed by atoms with Gasteiger partial charge in [-0.25, -0.2) is 0 Å². The van der Waals surface area contributed by atoms with E-state index in [1.807, 2.05) is 12.1 Å². The predicted molar refractivity (Wildman–Crippen MR) is 64.1 cm³/mol. The zero-order chi connectivity index (χ0) is 11.5. The fourth-order valence-corrected chi connectivity index (χ4v) is 2.15. The minimum atomic E-state index is 0.317. The van der Waals surface area contributed by atoms with Crippen molar-refractivity contribution in [2.45, 2.75) is 32.2 Å². The molecule has 0 saturated carbocycles. The van der Waals surface area contributed by atoms with E-state index in [-0.39, 0.29) is 0 Å². The monoisotopic (exact) mass is 221 g/mol. The lowest BCUT2D eigenvalue weighted by atomic mass is 9.94. The van der Waals surface area contributed by atoms with Crippen LogP contribution in [-0.4, -0.2) is 24.3 Å². The highest BCUT2D eigenvalue weighted by atomic mass is 16.5. The number of ether oxygens (including phenoxy) is 1. The molecule has 0 aromatic heterocycles. The number of aromatic hydroxyl groups is 1. The maximum Gasteiger partial charge on any atom is 0.123 e. The van der Waals surface area contributed by atoms with Crippen LogP contribution in [0.3, 0.4) is 0 Å². The number of nitrogens with one attached hydrogen (secondary N) is 1. The Labute approximate surface area is 96.4 Å². The summed E-state index contributed by atoms with van der Waals surface area (Å²) in [6, 6.07) is 5.71. The highest BCUT2D eigenvalue weighted by Crippen LogP contribution is 2.37. The number of hydrogen-bond acceptors (Lipinski definition) is 3. The van der Waals surface area contributed by atoms with Crippen molar-refractivity contribution in [1.82, 2.24) is 5.32 Å². The lowest BCUT2D eigenvalue weighted by molar-refractivity contribution is 0.304. The van der Waals surface area contributed by atoms with E-state index in [1.54, 1.807) is 6.07 Å². The highest BCUT2D eigenvalue weighted by molar-refractivity contribution is 5.45. The fourth-order valence-electron chi connectivity index (χ4n) is 2.15. The number of rotatable bonds is 4. The summed E-state index contributed by atoms with van der Waals surface area (Å²) in [5, 5.41) is 13.0. The van der Waals surface area contributed by atoms with E-state index < -0.39 is 0 Å². The van der Waals surface area contributed by atoms with Gasteiger partial charge < -0.3 is 15.2 Å². The summed E-state index contributed by atoms with van der Waals surface area (Å²) in [6.45, 7) is 6.05. The Morgan fingerprint density at radius 1 is 1.56 bits per heavy atom. The van der Waals surface area contributed by atoms with Crippen LogP contribution in [-0.2, 0) is 0 Å². The van der Waals surface area contributed by atoms with E-state index in [0.29, 0.717) is 24.3 Å². The molecule has 2 rings (SSSR count). The van der Waals surface area contributed by atoms with Crippen molar-refractivity contribution in [1.29, 1.82) is 0 Å². The van der Waals surface area contributed by atoms with Gasteiger partial charge in [0.25, 0.3) is 0 Å². The van der Waals surface area contributed by atoms with Gasteiger partial charge in [-0.3, -0.25) is 0 Å². The van der Waals surface area contributed by atoms with E-state index in [0.717, 1.165) is 24.3 Å². The van der Waals surface area contributed by atoms with Gasteiger partial charge >= 0.3 is 0 Å². The Bertz CT molecular complexity index is 365. The molecule has 0 radical (unpaired) electrons. The lowest BCUT2D eigenvalue weighted by Crippen LogP contribution is -2.33. The summed E-state index contributed by atoms with van der Waals surface area (Å²) in [5.74, 6) is 1.57. The van der Waals surface area contributed by atoms with Crippen LogP contribution in [0.15, 0.2) is 18.2 Å². The summed E-state index contributed by atoms with van der Waals surface area (Å²) >= 11 is 0. The maximum atomic E-state index is 9.50. The minimum Gasteiger partial charge on any atom is -0.508 e. The average molecular weight is 221 g/mol. The van der Waals surface area contributed by atoms with Gasteiger partial charge in [-0.2, -0.15) is 0 Å². The van der Waals surface area contributed by atoms with Gasteiger partial charge in [0.1, 0.15) is 11.5 Å². The first-order valence-corrected chi connectivity index (χ1v) is 5.91. The number of benzene rings is 1. The second-order valence-corrected chi connectivity index (χ2v) is 4.38. The molecule has 3 nitrogen and oxygen atoms in total. The van der Waals surface area contributed by atoms with Crippen molar-refractivity contribution in [3.63, 3.8) is 0 Å². The topological polar surface area (TPSA) is 41.5 Å². The van der Waals surface area contributed by atoms with Gasteiger partial charge in [0, 0.05) is 17.5 Å². The van der Waals surface area contributed by atoms with Gasteiger partial charge in [-0.05, 0) is 38.1 Å². The third-order valence-electron chi connectivity index (χ3n) is 3.13. The summed E-state index contributed by atoms with van der Waals surface area (Å²) < 4.78 is 5.62. The van der Waals surface area contributed by atoms with Gasteiger partial charge in [-0.1, -0.05) is 6.92 Å². The van der Waals surface area contributed by atoms with Crippen LogP contribution in [0.2, 0.25) is 0 Å². The Kier molecular flexibility index (Phi) is 3.34. The summed E-state index contributed by atoms with van der Waals surface area (Å²) in [5.41, 5.74) is 1.12. The van der Waals surface area contributed by atoms with Crippen molar-refractivity contribution < 1.29 is 9.84 Å². The van der Waals surface area contributed by atoms with Crippen molar-refractivity contribution in [3.05, 3.63) is 23.8 Å². The van der Waals surface area contributed by atoms with E-state index in [2.05, 4.69) is 19.2 Å². The van der Waals surface area contributed by atoms with E-state index in [1.165, 1.54) is 0 Å². The molecule has 0 bridgehead atoms. The smallest absolute Gasteiger partial charge is 0.123 e. The molecule has 3 heteroatoms. The maximum absolute atomic E-state index is 9.50. The zero-order valence-electron chi connectivity index (χ0n) is 9.86. The quantitative estimate of drug-likeness (QED) is 0.819. The van der Waals surface area contributed by atoms with Crippen LogP contribution in [0, 0.1) is 0 Å². The molecule has 2 atom stereocenters. The minimum absolute atomic E-state index is 0.317. The number of phenols is 1. The first-order valence-electron chi connectivity index (χ1n) is 5.91. The normalized spacial score (nSPS) is 20.2. The first kappa shape index (κ1) is 11.3. The molecule has 1 aliphatic heterocycles. The van der Waals surface area contributed by atoms with Gasteiger partial charge in [-0.15, -0.1) is 0 Å². The van der Waals surface area contributed by atoms with Crippen molar-refractivity contribution >= 4 is 0 Å². The molecule has 1 heterocycles. The van der Waals surface area contributed by atoms with Crippen LogP contribution in [0.4, 0.5) is 0 Å². The van der Waals surface area contributed by atoms with Gasteiger partial charge in [0.2, 0.25) is 0 Å². The third-order valence-corrected chi connectivity index (χ3v) is 3.13. The number of fused-ring (bicyclic) bond motifs is 1. The van der Waals surface area contributed by atoms with Crippen LogP contribution < -0.4 is 10.1 Å².